The van der Waals surface area contributed by atoms with E-state index in [9.17, 15) is 4.79 Å². The molecule has 29 heavy (non-hydrogen) atoms. The molecule has 0 saturated heterocycles. The normalized spacial score (nSPS) is 11.5. The Morgan fingerprint density at radius 3 is 1.97 bits per heavy atom. The molecule has 0 radical (unpaired) electrons. The Balaban J connectivity index is 1.45. The summed E-state index contributed by atoms with van der Waals surface area (Å²) in [5, 5.41) is 2.82. The van der Waals surface area contributed by atoms with Gasteiger partial charge in [0.05, 0.1) is 0 Å². The SMILES string of the molecule is O=C(NC(CCl)Cc1ccc(OCc2ccccc2)cc1)OCc1ccccc1. The largest absolute Gasteiger partial charge is 0.489 e. The summed E-state index contributed by atoms with van der Waals surface area (Å²) in [6.07, 6.45) is 0.144. The predicted octanol–water partition coefficient (Wildman–Crippen LogP) is 5.34. The second-order valence-electron chi connectivity index (χ2n) is 6.68. The van der Waals surface area contributed by atoms with Gasteiger partial charge in [0.25, 0.3) is 0 Å². The molecule has 3 aromatic rings. The lowest BCUT2D eigenvalue weighted by molar-refractivity contribution is 0.136. The topological polar surface area (TPSA) is 47.6 Å². The molecule has 0 fully saturated rings. The summed E-state index contributed by atoms with van der Waals surface area (Å²) >= 11 is 6.03. The molecule has 3 rings (SSSR count). The summed E-state index contributed by atoms with van der Waals surface area (Å²) in [5.74, 6) is 1.10. The first-order chi connectivity index (χ1) is 14.2. The minimum absolute atomic E-state index is 0.212. The van der Waals surface area contributed by atoms with E-state index in [0.29, 0.717) is 18.9 Å². The molecule has 150 valence electrons. The van der Waals surface area contributed by atoms with Gasteiger partial charge >= 0.3 is 6.09 Å². The molecule has 0 saturated carbocycles. The lowest BCUT2D eigenvalue weighted by Gasteiger charge is -2.16. The monoisotopic (exact) mass is 409 g/mol. The van der Waals surface area contributed by atoms with E-state index >= 15 is 0 Å². The van der Waals surface area contributed by atoms with E-state index in [4.69, 9.17) is 21.1 Å². The number of nitrogens with one attached hydrogen (secondary N) is 1. The third-order valence-corrected chi connectivity index (χ3v) is 4.75. The fraction of sp³-hybridized carbons (Fsp3) is 0.208. The van der Waals surface area contributed by atoms with Crippen molar-refractivity contribution in [1.29, 1.82) is 0 Å². The molecule has 3 aromatic carbocycles. The van der Waals surface area contributed by atoms with Crippen LogP contribution >= 0.6 is 11.6 Å². The van der Waals surface area contributed by atoms with Crippen molar-refractivity contribution in [3.63, 3.8) is 0 Å². The van der Waals surface area contributed by atoms with E-state index in [1.807, 2.05) is 84.9 Å². The quantitative estimate of drug-likeness (QED) is 0.485. The zero-order chi connectivity index (χ0) is 20.3. The van der Waals surface area contributed by atoms with Crippen LogP contribution in [0.2, 0.25) is 0 Å². The summed E-state index contributed by atoms with van der Waals surface area (Å²) in [6.45, 7) is 0.758. The molecule has 0 aliphatic rings. The van der Waals surface area contributed by atoms with Crippen LogP contribution in [0, 0.1) is 0 Å². The van der Waals surface area contributed by atoms with Gasteiger partial charge in [-0.25, -0.2) is 4.79 Å². The standard InChI is InChI=1S/C24H24ClNO3/c25-16-22(26-24(27)29-18-21-9-5-2-6-10-21)15-19-11-13-23(14-12-19)28-17-20-7-3-1-4-8-20/h1-14,22H,15-18H2,(H,26,27). The fourth-order valence-corrected chi connectivity index (χ4v) is 3.01. The molecular formula is C24H24ClNO3. The number of carbonyl (C=O) groups excluding carboxylic acids is 1. The number of ether oxygens (including phenoxy) is 2. The number of alkyl carbamates (subject to hydrolysis) is 1. The van der Waals surface area contributed by atoms with Crippen LogP contribution in [-0.2, 0) is 24.4 Å². The first-order valence-corrected chi connectivity index (χ1v) is 10.1. The van der Waals surface area contributed by atoms with Gasteiger partial charge in [-0.2, -0.15) is 0 Å². The second kappa shape index (κ2) is 11.1. The minimum Gasteiger partial charge on any atom is -0.489 e. The predicted molar refractivity (Wildman–Crippen MR) is 115 cm³/mol. The number of amides is 1. The number of hydrogen-bond donors (Lipinski definition) is 1. The Morgan fingerprint density at radius 2 is 1.38 bits per heavy atom. The van der Waals surface area contributed by atoms with Crippen LogP contribution in [-0.4, -0.2) is 18.0 Å². The third kappa shape index (κ3) is 7.16. The van der Waals surface area contributed by atoms with Crippen LogP contribution in [0.4, 0.5) is 4.79 Å². The Labute approximate surface area is 176 Å². The summed E-state index contributed by atoms with van der Waals surface area (Å²) in [4.78, 5) is 12.0. The summed E-state index contributed by atoms with van der Waals surface area (Å²) in [5.41, 5.74) is 3.12. The molecule has 0 aliphatic heterocycles. The van der Waals surface area contributed by atoms with Gasteiger partial charge in [-0.15, -0.1) is 11.6 Å². The van der Waals surface area contributed by atoms with Crippen LogP contribution in [0.15, 0.2) is 84.9 Å². The van der Waals surface area contributed by atoms with Gasteiger partial charge < -0.3 is 14.8 Å². The van der Waals surface area contributed by atoms with E-state index in [1.54, 1.807) is 0 Å². The maximum atomic E-state index is 12.0. The molecule has 1 unspecified atom stereocenters. The van der Waals surface area contributed by atoms with E-state index in [-0.39, 0.29) is 12.6 Å². The van der Waals surface area contributed by atoms with Crippen molar-refractivity contribution in [3.05, 3.63) is 102 Å². The number of rotatable bonds is 9. The van der Waals surface area contributed by atoms with Gasteiger partial charge in [-0.05, 0) is 35.2 Å². The van der Waals surface area contributed by atoms with E-state index in [0.717, 1.165) is 22.4 Å². The van der Waals surface area contributed by atoms with E-state index in [1.165, 1.54) is 0 Å². The minimum atomic E-state index is -0.470. The lowest BCUT2D eigenvalue weighted by Crippen LogP contribution is -2.38. The number of benzene rings is 3. The molecule has 0 spiro atoms. The molecular weight excluding hydrogens is 386 g/mol. The molecule has 5 heteroatoms. The van der Waals surface area contributed by atoms with Gasteiger partial charge in [0.15, 0.2) is 0 Å². The van der Waals surface area contributed by atoms with Crippen molar-refractivity contribution >= 4 is 17.7 Å². The number of halogens is 1. The van der Waals surface area contributed by atoms with Gasteiger partial charge in [-0.1, -0.05) is 72.8 Å². The lowest BCUT2D eigenvalue weighted by atomic mass is 10.1. The highest BCUT2D eigenvalue weighted by atomic mass is 35.5. The van der Waals surface area contributed by atoms with Crippen molar-refractivity contribution < 1.29 is 14.3 Å². The van der Waals surface area contributed by atoms with Crippen LogP contribution in [0.3, 0.4) is 0 Å². The third-order valence-electron chi connectivity index (χ3n) is 4.37. The highest BCUT2D eigenvalue weighted by Crippen LogP contribution is 2.16. The molecule has 1 atom stereocenters. The maximum Gasteiger partial charge on any atom is 0.407 e. The second-order valence-corrected chi connectivity index (χ2v) is 6.99. The number of hydrogen-bond acceptors (Lipinski definition) is 3. The van der Waals surface area contributed by atoms with Crippen LogP contribution in [0.1, 0.15) is 16.7 Å². The van der Waals surface area contributed by atoms with Gasteiger partial charge in [0.1, 0.15) is 19.0 Å². The Bertz CT molecular complexity index is 870. The highest BCUT2D eigenvalue weighted by molar-refractivity contribution is 6.18. The average Bonchev–Trinajstić information content (AvgIpc) is 2.78. The molecule has 0 aromatic heterocycles. The van der Waals surface area contributed by atoms with Gasteiger partial charge in [0, 0.05) is 11.9 Å². The molecule has 4 nitrogen and oxygen atoms in total. The first-order valence-electron chi connectivity index (χ1n) is 9.52. The van der Waals surface area contributed by atoms with Crippen LogP contribution in [0.25, 0.3) is 0 Å². The smallest absolute Gasteiger partial charge is 0.407 e. The van der Waals surface area contributed by atoms with Gasteiger partial charge in [-0.3, -0.25) is 0 Å². The molecule has 0 aliphatic carbocycles. The summed E-state index contributed by atoms with van der Waals surface area (Å²) in [6, 6.07) is 27.2. The molecule has 1 N–H and O–H groups in total. The van der Waals surface area contributed by atoms with Crippen LogP contribution < -0.4 is 10.1 Å². The maximum absolute atomic E-state index is 12.0. The zero-order valence-electron chi connectivity index (χ0n) is 16.1. The molecule has 1 amide bonds. The van der Waals surface area contributed by atoms with Crippen molar-refractivity contribution in [2.24, 2.45) is 0 Å². The highest BCUT2D eigenvalue weighted by Gasteiger charge is 2.13. The zero-order valence-corrected chi connectivity index (χ0v) is 16.8. The van der Waals surface area contributed by atoms with E-state index in [2.05, 4.69) is 5.32 Å². The molecule has 0 bridgehead atoms. The Morgan fingerprint density at radius 1 is 0.793 bits per heavy atom. The number of alkyl halides is 1. The van der Waals surface area contributed by atoms with Crippen LogP contribution in [0.5, 0.6) is 5.75 Å². The fourth-order valence-electron chi connectivity index (χ4n) is 2.82. The van der Waals surface area contributed by atoms with E-state index < -0.39 is 6.09 Å². The summed E-state index contributed by atoms with van der Waals surface area (Å²) < 4.78 is 11.1. The van der Waals surface area contributed by atoms with Crippen molar-refractivity contribution in [2.75, 3.05) is 5.88 Å². The number of carbonyl (C=O) groups is 1. The Kier molecular flexibility index (Phi) is 7.96. The summed E-state index contributed by atoms with van der Waals surface area (Å²) in [7, 11) is 0. The molecule has 0 heterocycles. The van der Waals surface area contributed by atoms with Crippen molar-refractivity contribution in [1.82, 2.24) is 5.32 Å². The van der Waals surface area contributed by atoms with Crippen molar-refractivity contribution in [2.45, 2.75) is 25.7 Å². The van der Waals surface area contributed by atoms with Crippen molar-refractivity contribution in [3.8, 4) is 5.75 Å². The average molecular weight is 410 g/mol. The Hall–Kier alpha value is -2.98. The first kappa shape index (κ1) is 20.7. The van der Waals surface area contributed by atoms with Gasteiger partial charge in [0.2, 0.25) is 0 Å².